The lowest BCUT2D eigenvalue weighted by Crippen LogP contribution is -2.48. The van der Waals surface area contributed by atoms with Gasteiger partial charge in [0, 0.05) is 45.0 Å². The number of anilines is 1. The first-order valence-corrected chi connectivity index (χ1v) is 10.8. The van der Waals surface area contributed by atoms with E-state index in [1.54, 1.807) is 12.1 Å². The molecule has 2 N–H and O–H groups in total. The number of hydrogen-bond donors (Lipinski definition) is 2. The van der Waals surface area contributed by atoms with Crippen LogP contribution in [0.1, 0.15) is 25.0 Å². The Kier molecular flexibility index (Phi) is 9.97. The van der Waals surface area contributed by atoms with E-state index >= 15 is 0 Å². The average Bonchev–Trinajstić information content (AvgIpc) is 3.20. The second-order valence-electron chi connectivity index (χ2n) is 8.16. The highest BCUT2D eigenvalue weighted by Crippen LogP contribution is 2.23. The van der Waals surface area contributed by atoms with Crippen molar-refractivity contribution in [2.24, 2.45) is 0 Å². The van der Waals surface area contributed by atoms with E-state index in [-0.39, 0.29) is 37.3 Å². The first kappa shape index (κ1) is 25.6. The van der Waals surface area contributed by atoms with E-state index in [0.717, 1.165) is 5.69 Å². The van der Waals surface area contributed by atoms with Gasteiger partial charge in [-0.05, 0) is 23.3 Å². The SMILES string of the molecule is CC(C)NCCNC(=O)CN(CC(=O)N(C)N1Cc2ccccc2C1)c1ccccc1.Cl. The van der Waals surface area contributed by atoms with E-state index in [4.69, 9.17) is 0 Å². The molecule has 32 heavy (non-hydrogen) atoms. The van der Waals surface area contributed by atoms with Gasteiger partial charge >= 0.3 is 0 Å². The topological polar surface area (TPSA) is 67.9 Å². The molecule has 7 nitrogen and oxygen atoms in total. The van der Waals surface area contributed by atoms with Gasteiger partial charge in [0.2, 0.25) is 5.91 Å². The summed E-state index contributed by atoms with van der Waals surface area (Å²) in [5.41, 5.74) is 3.34. The van der Waals surface area contributed by atoms with Crippen LogP contribution in [0.15, 0.2) is 54.6 Å². The lowest BCUT2D eigenvalue weighted by molar-refractivity contribution is -0.145. The summed E-state index contributed by atoms with van der Waals surface area (Å²) >= 11 is 0. The number of carbonyl (C=O) groups is 2. The zero-order valence-corrected chi connectivity index (χ0v) is 19.9. The quantitative estimate of drug-likeness (QED) is 0.534. The molecule has 2 aromatic rings. The van der Waals surface area contributed by atoms with Gasteiger partial charge in [-0.2, -0.15) is 0 Å². The molecule has 0 radical (unpaired) electrons. The number of nitrogens with one attached hydrogen (secondary N) is 2. The van der Waals surface area contributed by atoms with Crippen molar-refractivity contribution in [1.29, 1.82) is 0 Å². The van der Waals surface area contributed by atoms with Gasteiger partial charge in [-0.1, -0.05) is 56.3 Å². The van der Waals surface area contributed by atoms with Crippen molar-refractivity contribution < 1.29 is 9.59 Å². The van der Waals surface area contributed by atoms with E-state index < -0.39 is 0 Å². The molecule has 2 aromatic carbocycles. The maximum Gasteiger partial charge on any atom is 0.256 e. The van der Waals surface area contributed by atoms with Crippen molar-refractivity contribution in [3.8, 4) is 0 Å². The highest BCUT2D eigenvalue weighted by atomic mass is 35.5. The fourth-order valence-electron chi connectivity index (χ4n) is 3.62. The average molecular weight is 460 g/mol. The first-order chi connectivity index (χ1) is 14.9. The van der Waals surface area contributed by atoms with Crippen LogP contribution in [0.4, 0.5) is 5.69 Å². The Morgan fingerprint density at radius 1 is 0.938 bits per heavy atom. The molecule has 0 unspecified atom stereocenters. The number of carbonyl (C=O) groups excluding carboxylic acids is 2. The molecule has 1 heterocycles. The Balaban J connectivity index is 0.00000363. The summed E-state index contributed by atoms with van der Waals surface area (Å²) in [6.07, 6.45) is 0. The summed E-state index contributed by atoms with van der Waals surface area (Å²) in [6.45, 7) is 7.10. The summed E-state index contributed by atoms with van der Waals surface area (Å²) < 4.78 is 0. The number of fused-ring (bicyclic) bond motifs is 1. The van der Waals surface area contributed by atoms with Crippen LogP contribution in [-0.4, -0.2) is 61.1 Å². The predicted octanol–water partition coefficient (Wildman–Crippen LogP) is 2.42. The molecule has 0 spiro atoms. The molecular weight excluding hydrogens is 426 g/mol. The fraction of sp³-hybridized carbons (Fsp3) is 0.417. The third kappa shape index (κ3) is 7.22. The molecule has 2 amide bonds. The van der Waals surface area contributed by atoms with Crippen LogP contribution in [0.2, 0.25) is 0 Å². The summed E-state index contributed by atoms with van der Waals surface area (Å²) in [6, 6.07) is 18.2. The van der Waals surface area contributed by atoms with Gasteiger partial charge in [-0.3, -0.25) is 14.6 Å². The van der Waals surface area contributed by atoms with Crippen LogP contribution < -0.4 is 15.5 Å². The summed E-state index contributed by atoms with van der Waals surface area (Å²) in [5, 5.41) is 9.92. The minimum atomic E-state index is -0.0987. The Bertz CT molecular complexity index is 853. The Morgan fingerprint density at radius 2 is 1.53 bits per heavy atom. The zero-order valence-electron chi connectivity index (χ0n) is 19.1. The molecular formula is C24H34ClN5O2. The lowest BCUT2D eigenvalue weighted by Gasteiger charge is -2.31. The van der Waals surface area contributed by atoms with Crippen molar-refractivity contribution in [3.63, 3.8) is 0 Å². The van der Waals surface area contributed by atoms with Gasteiger partial charge in [0.05, 0.1) is 13.1 Å². The Labute approximate surface area is 197 Å². The number of para-hydroxylation sites is 1. The minimum absolute atomic E-state index is 0. The predicted molar refractivity (Wildman–Crippen MR) is 131 cm³/mol. The number of benzene rings is 2. The van der Waals surface area contributed by atoms with Crippen LogP contribution in [-0.2, 0) is 22.7 Å². The van der Waals surface area contributed by atoms with E-state index in [0.29, 0.717) is 32.2 Å². The van der Waals surface area contributed by atoms with Gasteiger partial charge in [0.15, 0.2) is 0 Å². The summed E-state index contributed by atoms with van der Waals surface area (Å²) in [4.78, 5) is 27.4. The molecule has 0 saturated heterocycles. The van der Waals surface area contributed by atoms with E-state index in [9.17, 15) is 9.59 Å². The Hall–Kier alpha value is -2.61. The van der Waals surface area contributed by atoms with Crippen LogP contribution in [0.25, 0.3) is 0 Å². The van der Waals surface area contributed by atoms with Crippen LogP contribution in [0, 0.1) is 0 Å². The van der Waals surface area contributed by atoms with Crippen molar-refractivity contribution in [2.75, 3.05) is 38.1 Å². The first-order valence-electron chi connectivity index (χ1n) is 10.8. The van der Waals surface area contributed by atoms with Crippen molar-refractivity contribution in [1.82, 2.24) is 20.7 Å². The van der Waals surface area contributed by atoms with Gasteiger partial charge in [0.25, 0.3) is 5.91 Å². The highest BCUT2D eigenvalue weighted by Gasteiger charge is 2.26. The molecule has 1 aliphatic heterocycles. The van der Waals surface area contributed by atoms with Crippen LogP contribution >= 0.6 is 12.4 Å². The van der Waals surface area contributed by atoms with Crippen molar-refractivity contribution in [2.45, 2.75) is 33.0 Å². The smallest absolute Gasteiger partial charge is 0.256 e. The second kappa shape index (κ2) is 12.4. The number of hydrazine groups is 1. The molecule has 1 aliphatic rings. The number of hydrogen-bond acceptors (Lipinski definition) is 5. The maximum absolute atomic E-state index is 13.1. The van der Waals surface area contributed by atoms with Gasteiger partial charge in [0.1, 0.15) is 0 Å². The molecule has 0 atom stereocenters. The summed E-state index contributed by atoms with van der Waals surface area (Å²) in [5.74, 6) is -0.149. The number of halogens is 1. The highest BCUT2D eigenvalue weighted by molar-refractivity contribution is 5.86. The largest absolute Gasteiger partial charge is 0.353 e. The molecule has 8 heteroatoms. The number of rotatable bonds is 10. The number of amides is 2. The second-order valence-corrected chi connectivity index (χ2v) is 8.16. The molecule has 3 rings (SSSR count). The summed E-state index contributed by atoms with van der Waals surface area (Å²) in [7, 11) is 1.80. The number of likely N-dealkylation sites (N-methyl/N-ethyl adjacent to an activating group) is 1. The van der Waals surface area contributed by atoms with Gasteiger partial charge in [-0.15, -0.1) is 12.4 Å². The monoisotopic (exact) mass is 459 g/mol. The van der Waals surface area contributed by atoms with Crippen molar-refractivity contribution >= 4 is 29.9 Å². The van der Waals surface area contributed by atoms with E-state index in [1.807, 2.05) is 52.4 Å². The third-order valence-corrected chi connectivity index (χ3v) is 5.39. The van der Waals surface area contributed by atoms with Crippen molar-refractivity contribution in [3.05, 3.63) is 65.7 Å². The molecule has 0 aromatic heterocycles. The standard InChI is InChI=1S/C24H33N5O2.ClH/c1-19(2)25-13-14-26-23(30)17-28(22-11-5-4-6-12-22)18-24(31)27(3)29-15-20-9-7-8-10-21(20)16-29;/h4-12,19,25H,13-18H2,1-3H3,(H,26,30);1H. The molecule has 0 saturated carbocycles. The lowest BCUT2D eigenvalue weighted by atomic mass is 10.1. The molecule has 0 fully saturated rings. The fourth-order valence-corrected chi connectivity index (χ4v) is 3.62. The Morgan fingerprint density at radius 3 is 2.12 bits per heavy atom. The molecule has 0 aliphatic carbocycles. The van der Waals surface area contributed by atoms with Gasteiger partial charge in [-0.25, -0.2) is 5.01 Å². The van der Waals surface area contributed by atoms with E-state index in [2.05, 4.69) is 36.6 Å². The van der Waals surface area contributed by atoms with E-state index in [1.165, 1.54) is 11.1 Å². The normalized spacial score (nSPS) is 12.8. The molecule has 0 bridgehead atoms. The number of nitrogens with zero attached hydrogens (tertiary/aromatic N) is 3. The van der Waals surface area contributed by atoms with Crippen LogP contribution in [0.5, 0.6) is 0 Å². The minimum Gasteiger partial charge on any atom is -0.353 e. The van der Waals surface area contributed by atoms with Crippen LogP contribution in [0.3, 0.4) is 0 Å². The third-order valence-electron chi connectivity index (χ3n) is 5.39. The molecule has 174 valence electrons. The maximum atomic E-state index is 13.1. The zero-order chi connectivity index (χ0) is 22.2. The van der Waals surface area contributed by atoms with Gasteiger partial charge < -0.3 is 15.5 Å².